The number of carbonyl (C=O) groups is 2. The SMILES string of the molecule is Cc1cc2c(c(S(=O)(=O)O)c1)-c1cc3c(cc1C2(C)C)[N+](CCCCCC(=O)O)=C(/C=C/C=C/C=C1/N(CCCCCC(=O)O)c2cc4c(cc2C1(C)C)-c1c(cc(S(=O)(=O)O)cc1S(=O)(=O)O)C4(C)C)C3(C)C. The van der Waals surface area contributed by atoms with Gasteiger partial charge in [0.25, 0.3) is 30.4 Å². The summed E-state index contributed by atoms with van der Waals surface area (Å²) in [5.74, 6) is -1.72. The molecule has 74 heavy (non-hydrogen) atoms. The number of benzene rings is 4. The van der Waals surface area contributed by atoms with Crippen LogP contribution in [-0.2, 0) is 61.6 Å². The fraction of sp³-hybridized carbons (Fsp3) is 0.411. The number of fused-ring (bicyclic) bond motifs is 8. The lowest BCUT2D eigenvalue weighted by molar-refractivity contribution is -0.438. The summed E-state index contributed by atoms with van der Waals surface area (Å²) in [6.45, 7) is 19.0. The summed E-state index contributed by atoms with van der Waals surface area (Å²) in [5, 5.41) is 18.7. The van der Waals surface area contributed by atoms with Gasteiger partial charge >= 0.3 is 11.9 Å². The zero-order valence-electron chi connectivity index (χ0n) is 43.2. The van der Waals surface area contributed by atoms with Gasteiger partial charge in [0.05, 0.1) is 10.3 Å². The highest BCUT2D eigenvalue weighted by atomic mass is 32.2. The van der Waals surface area contributed by atoms with E-state index in [4.69, 9.17) is 0 Å². The van der Waals surface area contributed by atoms with Crippen LogP contribution < -0.4 is 4.90 Å². The smallest absolute Gasteiger partial charge is 0.303 e. The normalized spacial score (nSPS) is 18.3. The number of nitrogens with zero attached hydrogens (tertiary/aromatic N) is 2. The quantitative estimate of drug-likeness (QED) is 0.0269. The Morgan fingerprint density at radius 3 is 1.66 bits per heavy atom. The molecule has 4 aliphatic rings. The van der Waals surface area contributed by atoms with Gasteiger partial charge in [-0.3, -0.25) is 23.2 Å². The third kappa shape index (κ3) is 9.50. The number of carboxylic acids is 2. The van der Waals surface area contributed by atoms with Crippen LogP contribution in [-0.4, -0.2) is 84.4 Å². The second-order valence-corrected chi connectivity index (χ2v) is 26.4. The van der Waals surface area contributed by atoms with Gasteiger partial charge in [-0.05, 0) is 133 Å². The molecule has 2 aliphatic heterocycles. The molecule has 0 unspecified atom stereocenters. The Balaban J connectivity index is 1.20. The molecule has 0 aromatic heterocycles. The van der Waals surface area contributed by atoms with Crippen LogP contribution in [0.25, 0.3) is 22.3 Å². The van der Waals surface area contributed by atoms with Crippen molar-refractivity contribution in [3.05, 3.63) is 124 Å². The summed E-state index contributed by atoms with van der Waals surface area (Å²) in [4.78, 5) is 23.5. The molecule has 15 nitrogen and oxygen atoms in total. The second kappa shape index (κ2) is 18.8. The highest BCUT2D eigenvalue weighted by Gasteiger charge is 2.49. The molecule has 0 radical (unpaired) electrons. The molecule has 2 heterocycles. The van der Waals surface area contributed by atoms with Crippen LogP contribution in [0.2, 0.25) is 0 Å². The summed E-state index contributed by atoms with van der Waals surface area (Å²) in [5.41, 5.74) is 8.01. The molecule has 0 spiro atoms. The number of aliphatic carboxylic acids is 2. The molecule has 0 atom stereocenters. The summed E-state index contributed by atoms with van der Waals surface area (Å²) < 4.78 is 110. The van der Waals surface area contributed by atoms with Crippen molar-refractivity contribution in [1.82, 2.24) is 0 Å². The molecule has 18 heteroatoms. The van der Waals surface area contributed by atoms with E-state index in [1.165, 1.54) is 12.1 Å². The number of hydrogen-bond donors (Lipinski definition) is 5. The lowest BCUT2D eigenvalue weighted by Gasteiger charge is -2.27. The minimum atomic E-state index is -4.99. The van der Waals surface area contributed by atoms with E-state index in [2.05, 4.69) is 55.4 Å². The van der Waals surface area contributed by atoms with Crippen LogP contribution in [0.1, 0.15) is 146 Å². The molecular formula is C56H65N2O13S3+. The van der Waals surface area contributed by atoms with Crippen molar-refractivity contribution < 1.29 is 63.3 Å². The molecule has 5 N–H and O–H groups in total. The summed E-state index contributed by atoms with van der Waals surface area (Å²) in [7, 11) is -14.4. The molecule has 8 rings (SSSR count). The summed E-state index contributed by atoms with van der Waals surface area (Å²) >= 11 is 0. The molecular weight excluding hydrogens is 1000 g/mol. The Labute approximate surface area is 434 Å². The fourth-order valence-corrected chi connectivity index (χ4v) is 14.1. The predicted molar refractivity (Wildman–Crippen MR) is 284 cm³/mol. The van der Waals surface area contributed by atoms with Crippen molar-refractivity contribution in [3.63, 3.8) is 0 Å². The maximum absolute atomic E-state index is 12.9. The fourth-order valence-electron chi connectivity index (χ4n) is 11.9. The van der Waals surface area contributed by atoms with Crippen molar-refractivity contribution in [2.24, 2.45) is 0 Å². The van der Waals surface area contributed by atoms with E-state index in [1.807, 2.05) is 77.1 Å². The monoisotopic (exact) mass is 1070 g/mol. The molecule has 0 amide bonds. The van der Waals surface area contributed by atoms with Gasteiger partial charge in [0, 0.05) is 82.3 Å². The van der Waals surface area contributed by atoms with Crippen LogP contribution in [0, 0.1) is 6.92 Å². The van der Waals surface area contributed by atoms with Gasteiger partial charge in [-0.1, -0.05) is 72.3 Å². The minimum Gasteiger partial charge on any atom is -0.481 e. The maximum atomic E-state index is 12.9. The van der Waals surface area contributed by atoms with Crippen molar-refractivity contribution >= 4 is 59.4 Å². The van der Waals surface area contributed by atoms with Crippen LogP contribution in [0.15, 0.2) is 99.3 Å². The van der Waals surface area contributed by atoms with E-state index >= 15 is 0 Å². The van der Waals surface area contributed by atoms with Gasteiger partial charge < -0.3 is 15.1 Å². The molecule has 0 bridgehead atoms. The standard InChI is InChI=1S/C56H64N2O13S3/c1-33-25-41-51(45(26-33)73(66,67)68)35-29-39-43(31-37(35)53(41,2)3)57(23-17-11-15-21-49(59)60)47(55(39,6)7)19-13-10-14-20-48-56(8,9)40-30-36-38(32-44(40)58(48)24-18-12-16-22-50(61)62)54(4,5)42-27-34(72(63,64)65)28-46(52(36)42)74(69,70)71/h10,13-14,19-20,25-32H,11-12,15-18,21-24H2,1-9H3,(H4-,59,60,61,62,63,64,65,66,67,68,69,70,71)/p+1. The number of anilines is 1. The largest absolute Gasteiger partial charge is 0.481 e. The van der Waals surface area contributed by atoms with Crippen LogP contribution in [0.4, 0.5) is 11.4 Å². The second-order valence-electron chi connectivity index (χ2n) is 22.2. The molecule has 4 aromatic rings. The number of rotatable bonds is 18. The zero-order valence-corrected chi connectivity index (χ0v) is 45.6. The van der Waals surface area contributed by atoms with Crippen molar-refractivity contribution in [2.45, 2.75) is 150 Å². The first-order valence-corrected chi connectivity index (χ1v) is 29.1. The van der Waals surface area contributed by atoms with E-state index in [0.29, 0.717) is 73.9 Å². The lowest BCUT2D eigenvalue weighted by atomic mass is 9.78. The van der Waals surface area contributed by atoms with E-state index in [-0.39, 0.29) is 23.3 Å². The van der Waals surface area contributed by atoms with Gasteiger partial charge in [-0.2, -0.15) is 29.8 Å². The van der Waals surface area contributed by atoms with E-state index in [1.54, 1.807) is 0 Å². The van der Waals surface area contributed by atoms with Gasteiger partial charge in [0.2, 0.25) is 5.69 Å². The number of allylic oxidation sites excluding steroid dienone is 6. The average Bonchev–Trinajstić information content (AvgIpc) is 3.81. The Kier molecular flexibility index (Phi) is 13.9. The van der Waals surface area contributed by atoms with Crippen molar-refractivity contribution in [3.8, 4) is 22.3 Å². The lowest BCUT2D eigenvalue weighted by Crippen LogP contribution is -2.28. The first kappa shape index (κ1) is 54.5. The van der Waals surface area contributed by atoms with E-state index in [9.17, 15) is 58.7 Å². The molecule has 394 valence electrons. The van der Waals surface area contributed by atoms with Crippen molar-refractivity contribution in [1.29, 1.82) is 0 Å². The minimum absolute atomic E-state index is 0.0352. The molecule has 0 saturated carbocycles. The summed E-state index contributed by atoms with van der Waals surface area (Å²) in [6, 6.07) is 13.6. The van der Waals surface area contributed by atoms with Crippen LogP contribution in [0.3, 0.4) is 0 Å². The Morgan fingerprint density at radius 1 is 0.554 bits per heavy atom. The van der Waals surface area contributed by atoms with E-state index in [0.717, 1.165) is 62.2 Å². The molecule has 0 fully saturated rings. The average molecular weight is 1070 g/mol. The summed E-state index contributed by atoms with van der Waals surface area (Å²) in [6.07, 6.45) is 13.7. The highest BCUT2D eigenvalue weighted by molar-refractivity contribution is 7.87. The van der Waals surface area contributed by atoms with Crippen LogP contribution >= 0.6 is 0 Å². The third-order valence-electron chi connectivity index (χ3n) is 15.7. The topological polar surface area (TPSA) is 244 Å². The van der Waals surface area contributed by atoms with Crippen molar-refractivity contribution in [2.75, 3.05) is 18.0 Å². The zero-order chi connectivity index (χ0) is 54.5. The van der Waals surface area contributed by atoms with Crippen LogP contribution in [0.5, 0.6) is 0 Å². The highest BCUT2D eigenvalue weighted by Crippen LogP contribution is 2.58. The Bertz CT molecular complexity index is 3560. The third-order valence-corrected chi connectivity index (χ3v) is 18.3. The van der Waals surface area contributed by atoms with Gasteiger partial charge in [0.1, 0.15) is 16.3 Å². The molecule has 2 aliphatic carbocycles. The van der Waals surface area contributed by atoms with Gasteiger partial charge in [-0.25, -0.2) is 0 Å². The number of aryl methyl sites for hydroxylation is 1. The number of hydrogen-bond acceptors (Lipinski definition) is 9. The van der Waals surface area contributed by atoms with Gasteiger partial charge in [-0.15, -0.1) is 0 Å². The molecule has 4 aromatic carbocycles. The Morgan fingerprint density at radius 2 is 1.09 bits per heavy atom. The number of unbranched alkanes of at least 4 members (excludes halogenated alkanes) is 4. The predicted octanol–water partition coefficient (Wildman–Crippen LogP) is 10.8. The van der Waals surface area contributed by atoms with Gasteiger partial charge in [0.15, 0.2) is 5.71 Å². The first-order valence-electron chi connectivity index (χ1n) is 24.8. The number of carboxylic acid groups (broad SMARTS) is 2. The van der Waals surface area contributed by atoms with E-state index < -0.39 is 73.7 Å². The Hall–Kier alpha value is -5.76. The molecule has 0 saturated heterocycles. The first-order chi connectivity index (χ1) is 34.2. The maximum Gasteiger partial charge on any atom is 0.303 e.